The molecule has 0 aliphatic heterocycles. The third-order valence-electron chi connectivity index (χ3n) is 3.76. The molecular weight excluding hydrogens is 225 g/mol. The van der Waals surface area contributed by atoms with Gasteiger partial charge in [-0.15, -0.1) is 0 Å². The highest BCUT2D eigenvalue weighted by molar-refractivity contribution is 5.19. The molecule has 1 aromatic rings. The largest absolute Gasteiger partial charge is 0.310 e. The van der Waals surface area contributed by atoms with Gasteiger partial charge in [0.25, 0.3) is 0 Å². The van der Waals surface area contributed by atoms with Crippen LogP contribution < -0.4 is 5.32 Å². The Bertz CT molecular complexity index is 343. The fourth-order valence-corrected chi connectivity index (χ4v) is 2.36. The van der Waals surface area contributed by atoms with E-state index in [0.29, 0.717) is 6.04 Å². The summed E-state index contributed by atoms with van der Waals surface area (Å²) >= 11 is 0. The molecule has 0 spiro atoms. The van der Waals surface area contributed by atoms with Gasteiger partial charge < -0.3 is 5.32 Å². The average molecular weight is 249 g/mol. The van der Waals surface area contributed by atoms with Crippen molar-refractivity contribution in [2.24, 2.45) is 5.92 Å². The lowest BCUT2D eigenvalue weighted by molar-refractivity contribution is 0.467. The van der Waals surface area contributed by atoms with Gasteiger partial charge in [-0.2, -0.15) is 0 Å². The molecule has 1 saturated carbocycles. The van der Waals surface area contributed by atoms with E-state index in [2.05, 4.69) is 12.2 Å². The van der Waals surface area contributed by atoms with Crippen molar-refractivity contribution in [3.63, 3.8) is 0 Å². The second-order valence-electron chi connectivity index (χ2n) is 5.43. The van der Waals surface area contributed by atoms with Crippen LogP contribution in [0, 0.1) is 11.7 Å². The van der Waals surface area contributed by atoms with Crippen molar-refractivity contribution in [1.82, 2.24) is 5.32 Å². The van der Waals surface area contributed by atoms with Gasteiger partial charge in [0, 0.05) is 6.04 Å². The van der Waals surface area contributed by atoms with Gasteiger partial charge in [0.1, 0.15) is 5.82 Å². The topological polar surface area (TPSA) is 12.0 Å². The molecule has 1 atom stereocenters. The van der Waals surface area contributed by atoms with E-state index < -0.39 is 0 Å². The van der Waals surface area contributed by atoms with Crippen LogP contribution in [0.2, 0.25) is 0 Å². The molecule has 1 N–H and O–H groups in total. The normalized spacial score (nSPS) is 16.8. The number of hydrogen-bond donors (Lipinski definition) is 1. The Labute approximate surface area is 110 Å². The van der Waals surface area contributed by atoms with E-state index >= 15 is 0 Å². The molecule has 0 saturated heterocycles. The molecule has 100 valence electrons. The first-order chi connectivity index (χ1) is 8.79. The minimum atomic E-state index is -0.147. The highest BCUT2D eigenvalue weighted by atomic mass is 19.1. The van der Waals surface area contributed by atoms with Gasteiger partial charge in [-0.1, -0.05) is 44.7 Å². The van der Waals surface area contributed by atoms with E-state index in [0.717, 1.165) is 18.9 Å². The molecular formula is C16H24FN. The molecule has 1 aromatic carbocycles. The lowest BCUT2D eigenvalue weighted by Gasteiger charge is -2.19. The Morgan fingerprint density at radius 3 is 2.61 bits per heavy atom. The predicted molar refractivity (Wildman–Crippen MR) is 74.0 cm³/mol. The van der Waals surface area contributed by atoms with Crippen LogP contribution in [0.15, 0.2) is 24.3 Å². The smallest absolute Gasteiger partial charge is 0.123 e. The van der Waals surface area contributed by atoms with Crippen molar-refractivity contribution in [2.45, 2.75) is 51.5 Å². The molecule has 0 aromatic heterocycles. The predicted octanol–water partition coefficient (Wildman–Crippen LogP) is 4.45. The van der Waals surface area contributed by atoms with Crippen molar-refractivity contribution in [1.29, 1.82) is 0 Å². The summed E-state index contributed by atoms with van der Waals surface area (Å²) in [6.07, 6.45) is 7.70. The SMILES string of the molecule is CCCCC(NCCC1CC1)c1ccc(F)cc1. The lowest BCUT2D eigenvalue weighted by atomic mass is 10.0. The van der Waals surface area contributed by atoms with Crippen LogP contribution >= 0.6 is 0 Å². The summed E-state index contributed by atoms with van der Waals surface area (Å²) in [6.45, 7) is 3.31. The molecule has 1 fully saturated rings. The van der Waals surface area contributed by atoms with Gasteiger partial charge in [-0.05, 0) is 43.0 Å². The monoisotopic (exact) mass is 249 g/mol. The third-order valence-corrected chi connectivity index (χ3v) is 3.76. The first-order valence-electron chi connectivity index (χ1n) is 7.28. The number of hydrogen-bond acceptors (Lipinski definition) is 1. The molecule has 0 amide bonds. The van der Waals surface area contributed by atoms with Crippen LogP contribution in [0.1, 0.15) is 57.1 Å². The Hall–Kier alpha value is -0.890. The van der Waals surface area contributed by atoms with Crippen LogP contribution in [0.5, 0.6) is 0 Å². The van der Waals surface area contributed by atoms with Gasteiger partial charge in [0.2, 0.25) is 0 Å². The number of benzene rings is 1. The molecule has 0 radical (unpaired) electrons. The maximum atomic E-state index is 12.9. The second-order valence-corrected chi connectivity index (χ2v) is 5.43. The summed E-state index contributed by atoms with van der Waals surface area (Å²) in [5.41, 5.74) is 1.22. The van der Waals surface area contributed by atoms with Crippen molar-refractivity contribution >= 4 is 0 Å². The van der Waals surface area contributed by atoms with Crippen LogP contribution in [0.3, 0.4) is 0 Å². The van der Waals surface area contributed by atoms with E-state index in [1.807, 2.05) is 12.1 Å². The number of halogens is 1. The van der Waals surface area contributed by atoms with Crippen LogP contribution in [0.25, 0.3) is 0 Å². The van der Waals surface area contributed by atoms with Gasteiger partial charge in [-0.25, -0.2) is 4.39 Å². The average Bonchev–Trinajstić information content (AvgIpc) is 3.19. The summed E-state index contributed by atoms with van der Waals surface area (Å²) in [5, 5.41) is 3.64. The summed E-state index contributed by atoms with van der Waals surface area (Å²) in [5.74, 6) is 0.823. The third kappa shape index (κ3) is 4.41. The summed E-state index contributed by atoms with van der Waals surface area (Å²) in [4.78, 5) is 0. The minimum Gasteiger partial charge on any atom is -0.310 e. The van der Waals surface area contributed by atoms with E-state index in [4.69, 9.17) is 0 Å². The van der Waals surface area contributed by atoms with Crippen molar-refractivity contribution in [3.8, 4) is 0 Å². The van der Waals surface area contributed by atoms with Gasteiger partial charge in [0.05, 0.1) is 0 Å². The fraction of sp³-hybridized carbons (Fsp3) is 0.625. The highest BCUT2D eigenvalue weighted by Gasteiger charge is 2.21. The summed E-state index contributed by atoms with van der Waals surface area (Å²) in [7, 11) is 0. The van der Waals surface area contributed by atoms with E-state index in [1.54, 1.807) is 12.1 Å². The first-order valence-corrected chi connectivity index (χ1v) is 7.28. The molecule has 1 aliphatic carbocycles. The zero-order chi connectivity index (χ0) is 12.8. The van der Waals surface area contributed by atoms with E-state index in [1.165, 1.54) is 37.7 Å². The number of nitrogens with one attached hydrogen (secondary N) is 1. The Morgan fingerprint density at radius 1 is 1.28 bits per heavy atom. The molecule has 0 heterocycles. The van der Waals surface area contributed by atoms with Crippen LogP contribution in [-0.2, 0) is 0 Å². The molecule has 1 aliphatic rings. The zero-order valence-electron chi connectivity index (χ0n) is 11.3. The molecule has 2 rings (SSSR count). The van der Waals surface area contributed by atoms with E-state index in [-0.39, 0.29) is 5.82 Å². The maximum Gasteiger partial charge on any atom is 0.123 e. The zero-order valence-corrected chi connectivity index (χ0v) is 11.3. The molecule has 0 bridgehead atoms. The van der Waals surface area contributed by atoms with Gasteiger partial charge in [0.15, 0.2) is 0 Å². The number of unbranched alkanes of at least 4 members (excludes halogenated alkanes) is 1. The standard InChI is InChI=1S/C16H24FN/c1-2-3-4-16(18-12-11-13-5-6-13)14-7-9-15(17)10-8-14/h7-10,13,16,18H,2-6,11-12H2,1H3. The van der Waals surface area contributed by atoms with Gasteiger partial charge in [-0.3, -0.25) is 0 Å². The van der Waals surface area contributed by atoms with Crippen molar-refractivity contribution in [3.05, 3.63) is 35.6 Å². The Kier molecular flexibility index (Phi) is 5.18. The summed E-state index contributed by atoms with van der Waals surface area (Å²) < 4.78 is 12.9. The van der Waals surface area contributed by atoms with E-state index in [9.17, 15) is 4.39 Å². The Morgan fingerprint density at radius 2 is 2.00 bits per heavy atom. The first kappa shape index (κ1) is 13.5. The van der Waals surface area contributed by atoms with Crippen molar-refractivity contribution in [2.75, 3.05) is 6.54 Å². The highest BCUT2D eigenvalue weighted by Crippen LogP contribution is 2.32. The molecule has 1 unspecified atom stereocenters. The molecule has 1 nitrogen and oxygen atoms in total. The maximum absolute atomic E-state index is 12.9. The molecule has 2 heteroatoms. The van der Waals surface area contributed by atoms with Crippen molar-refractivity contribution < 1.29 is 4.39 Å². The minimum absolute atomic E-state index is 0.147. The van der Waals surface area contributed by atoms with Gasteiger partial charge >= 0.3 is 0 Å². The van der Waals surface area contributed by atoms with Crippen LogP contribution in [0.4, 0.5) is 4.39 Å². The Balaban J connectivity index is 1.87. The van der Waals surface area contributed by atoms with Crippen LogP contribution in [-0.4, -0.2) is 6.54 Å². The second kappa shape index (κ2) is 6.89. The quantitative estimate of drug-likeness (QED) is 0.718. The summed E-state index contributed by atoms with van der Waals surface area (Å²) in [6, 6.07) is 7.36. The lowest BCUT2D eigenvalue weighted by Crippen LogP contribution is -2.22. The molecule has 18 heavy (non-hydrogen) atoms. The fourth-order valence-electron chi connectivity index (χ4n) is 2.36. The number of rotatable bonds is 8.